The number of pyridine rings is 1. The summed E-state index contributed by atoms with van der Waals surface area (Å²) in [5.41, 5.74) is 0.911. The summed E-state index contributed by atoms with van der Waals surface area (Å²) in [6.45, 7) is 0. The van der Waals surface area contributed by atoms with Gasteiger partial charge in [0, 0.05) is 17.3 Å². The Hall–Kier alpha value is -2.79. The molecule has 0 spiro atoms. The Balaban J connectivity index is 0.00000176. The van der Waals surface area contributed by atoms with Gasteiger partial charge >= 0.3 is 0 Å². The number of aromatic hydroxyl groups is 2. The highest BCUT2D eigenvalue weighted by molar-refractivity contribution is 6.04. The smallest absolute Gasteiger partial charge is 0.274 e. The Bertz CT molecular complexity index is 822. The summed E-state index contributed by atoms with van der Waals surface area (Å²) in [7, 11) is 0. The van der Waals surface area contributed by atoms with E-state index in [-0.39, 0.29) is 35.5 Å². The highest BCUT2D eigenvalue weighted by atomic mass is 35.5. The van der Waals surface area contributed by atoms with Crippen LogP contribution in [-0.4, -0.2) is 21.1 Å². The molecule has 1 aromatic heterocycles. The van der Waals surface area contributed by atoms with Crippen molar-refractivity contribution in [2.45, 2.75) is 0 Å². The van der Waals surface area contributed by atoms with Gasteiger partial charge in [0.15, 0.2) is 11.5 Å². The van der Waals surface area contributed by atoms with Crippen LogP contribution in [0.15, 0.2) is 54.7 Å². The van der Waals surface area contributed by atoms with Crippen LogP contribution in [0.25, 0.3) is 10.8 Å². The Morgan fingerprint density at radius 1 is 0.955 bits per heavy atom. The molecule has 1 amide bonds. The molecule has 3 aromatic rings. The number of phenolic OH excluding ortho intramolecular Hbond substituents is 2. The zero-order valence-corrected chi connectivity index (χ0v) is 12.2. The molecule has 0 bridgehead atoms. The van der Waals surface area contributed by atoms with Gasteiger partial charge < -0.3 is 15.5 Å². The van der Waals surface area contributed by atoms with Crippen LogP contribution in [-0.2, 0) is 0 Å². The third-order valence-corrected chi connectivity index (χ3v) is 3.08. The first-order valence-corrected chi connectivity index (χ1v) is 6.31. The summed E-state index contributed by atoms with van der Waals surface area (Å²) in [5, 5.41) is 22.9. The summed E-state index contributed by atoms with van der Waals surface area (Å²) in [5.74, 6) is -0.787. The molecule has 0 aliphatic heterocycles. The second-order valence-electron chi connectivity index (χ2n) is 4.58. The molecular formula is C16H13ClN2O3. The second kappa shape index (κ2) is 6.32. The van der Waals surface area contributed by atoms with Crippen molar-refractivity contribution >= 4 is 34.8 Å². The van der Waals surface area contributed by atoms with Crippen LogP contribution in [0.1, 0.15) is 10.5 Å². The molecule has 0 radical (unpaired) electrons. The maximum atomic E-state index is 12.1. The SMILES string of the molecule is Cl.O=C(Nc1ccccc1)c1cc2cc(O)c(O)cc2cn1. The largest absolute Gasteiger partial charge is 0.504 e. The number of anilines is 1. The molecule has 0 saturated heterocycles. The molecule has 0 aliphatic carbocycles. The summed E-state index contributed by atoms with van der Waals surface area (Å²) >= 11 is 0. The average molecular weight is 317 g/mol. The molecule has 6 heteroatoms. The first kappa shape index (κ1) is 15.6. The van der Waals surface area contributed by atoms with Crippen LogP contribution < -0.4 is 5.32 Å². The van der Waals surface area contributed by atoms with Crippen molar-refractivity contribution in [2.75, 3.05) is 5.32 Å². The Morgan fingerprint density at radius 3 is 2.27 bits per heavy atom. The number of amides is 1. The maximum absolute atomic E-state index is 12.1. The van der Waals surface area contributed by atoms with Crippen LogP contribution in [0.3, 0.4) is 0 Å². The molecule has 0 aliphatic rings. The molecule has 0 fully saturated rings. The van der Waals surface area contributed by atoms with Gasteiger partial charge in [-0.25, -0.2) is 0 Å². The van der Waals surface area contributed by atoms with E-state index in [9.17, 15) is 15.0 Å². The van der Waals surface area contributed by atoms with Gasteiger partial charge in [-0.3, -0.25) is 9.78 Å². The van der Waals surface area contributed by atoms with Crippen molar-refractivity contribution in [2.24, 2.45) is 0 Å². The van der Waals surface area contributed by atoms with E-state index < -0.39 is 0 Å². The highest BCUT2D eigenvalue weighted by Crippen LogP contribution is 2.30. The normalized spacial score (nSPS) is 10.0. The lowest BCUT2D eigenvalue weighted by molar-refractivity contribution is 0.102. The topological polar surface area (TPSA) is 82.5 Å². The number of nitrogens with one attached hydrogen (secondary N) is 1. The van der Waals surface area contributed by atoms with Crippen LogP contribution in [0, 0.1) is 0 Å². The minimum absolute atomic E-state index is 0. The van der Waals surface area contributed by atoms with Crippen LogP contribution >= 0.6 is 12.4 Å². The van der Waals surface area contributed by atoms with Crippen LogP contribution in [0.2, 0.25) is 0 Å². The summed E-state index contributed by atoms with van der Waals surface area (Å²) in [6, 6.07) is 13.4. The van der Waals surface area contributed by atoms with Gasteiger partial charge in [0.1, 0.15) is 5.69 Å². The first-order chi connectivity index (χ1) is 10.1. The summed E-state index contributed by atoms with van der Waals surface area (Å²) < 4.78 is 0. The molecule has 3 rings (SSSR count). The molecule has 1 heterocycles. The number of nitrogens with zero attached hydrogens (tertiary/aromatic N) is 1. The fourth-order valence-electron chi connectivity index (χ4n) is 2.01. The monoisotopic (exact) mass is 316 g/mol. The number of rotatable bonds is 2. The first-order valence-electron chi connectivity index (χ1n) is 6.31. The van der Waals surface area contributed by atoms with Gasteiger partial charge in [-0.1, -0.05) is 18.2 Å². The molecule has 0 unspecified atom stereocenters. The number of halogens is 1. The maximum Gasteiger partial charge on any atom is 0.274 e. The number of carbonyl (C=O) groups excluding carboxylic acids is 1. The predicted octanol–water partition coefficient (Wildman–Crippen LogP) is 3.32. The van der Waals surface area contributed by atoms with Crippen molar-refractivity contribution in [3.05, 3.63) is 60.4 Å². The molecular weight excluding hydrogens is 304 g/mol. The number of phenols is 2. The highest BCUT2D eigenvalue weighted by Gasteiger charge is 2.10. The number of carbonyl (C=O) groups is 1. The Morgan fingerprint density at radius 2 is 1.59 bits per heavy atom. The minimum Gasteiger partial charge on any atom is -0.504 e. The van der Waals surface area contributed by atoms with Gasteiger partial charge in [-0.05, 0) is 35.7 Å². The van der Waals surface area contributed by atoms with Crippen molar-refractivity contribution < 1.29 is 15.0 Å². The lowest BCUT2D eigenvalue weighted by Crippen LogP contribution is -2.13. The third-order valence-electron chi connectivity index (χ3n) is 3.08. The summed E-state index contributed by atoms with van der Waals surface area (Å²) in [4.78, 5) is 16.2. The molecule has 22 heavy (non-hydrogen) atoms. The number of hydrogen-bond donors (Lipinski definition) is 3. The van der Waals surface area contributed by atoms with E-state index in [0.717, 1.165) is 0 Å². The van der Waals surface area contributed by atoms with E-state index in [0.29, 0.717) is 16.5 Å². The zero-order valence-electron chi connectivity index (χ0n) is 11.4. The lowest BCUT2D eigenvalue weighted by atomic mass is 10.1. The molecule has 2 aromatic carbocycles. The second-order valence-corrected chi connectivity index (χ2v) is 4.58. The van der Waals surface area contributed by atoms with Gasteiger partial charge in [0.25, 0.3) is 5.91 Å². The predicted molar refractivity (Wildman–Crippen MR) is 86.7 cm³/mol. The van der Waals surface area contributed by atoms with E-state index in [1.165, 1.54) is 18.3 Å². The molecule has 3 N–H and O–H groups in total. The number of aromatic nitrogens is 1. The molecule has 0 saturated carbocycles. The van der Waals surface area contributed by atoms with Crippen molar-refractivity contribution in [1.82, 2.24) is 4.98 Å². The third kappa shape index (κ3) is 3.10. The van der Waals surface area contributed by atoms with E-state index in [1.807, 2.05) is 18.2 Å². The molecule has 5 nitrogen and oxygen atoms in total. The Kier molecular flexibility index (Phi) is 4.48. The Labute approximate surface area is 132 Å². The van der Waals surface area contributed by atoms with Gasteiger partial charge in [-0.15, -0.1) is 12.4 Å². The fraction of sp³-hybridized carbons (Fsp3) is 0. The summed E-state index contributed by atoms with van der Waals surface area (Å²) in [6.07, 6.45) is 1.48. The average Bonchev–Trinajstić information content (AvgIpc) is 2.49. The standard InChI is InChI=1S/C16H12N2O3.ClH/c19-14-7-10-6-13(17-9-11(10)8-15(14)20)16(21)18-12-4-2-1-3-5-12;/h1-9,19-20H,(H,18,21);1H. The van der Waals surface area contributed by atoms with Gasteiger partial charge in [-0.2, -0.15) is 0 Å². The van der Waals surface area contributed by atoms with E-state index in [2.05, 4.69) is 10.3 Å². The fourth-order valence-corrected chi connectivity index (χ4v) is 2.01. The van der Waals surface area contributed by atoms with E-state index in [4.69, 9.17) is 0 Å². The number of fused-ring (bicyclic) bond motifs is 1. The van der Waals surface area contributed by atoms with E-state index in [1.54, 1.807) is 18.2 Å². The van der Waals surface area contributed by atoms with Gasteiger partial charge in [0.2, 0.25) is 0 Å². The van der Waals surface area contributed by atoms with Gasteiger partial charge in [0.05, 0.1) is 0 Å². The molecule has 112 valence electrons. The zero-order chi connectivity index (χ0) is 14.8. The van der Waals surface area contributed by atoms with E-state index >= 15 is 0 Å². The number of hydrogen-bond acceptors (Lipinski definition) is 4. The van der Waals surface area contributed by atoms with Crippen LogP contribution in [0.5, 0.6) is 11.5 Å². The van der Waals surface area contributed by atoms with Crippen molar-refractivity contribution in [1.29, 1.82) is 0 Å². The number of benzene rings is 2. The lowest BCUT2D eigenvalue weighted by Gasteiger charge is -2.06. The van der Waals surface area contributed by atoms with Crippen molar-refractivity contribution in [3.63, 3.8) is 0 Å². The van der Waals surface area contributed by atoms with Crippen LogP contribution in [0.4, 0.5) is 5.69 Å². The number of para-hydroxylation sites is 1. The molecule has 0 atom stereocenters. The quantitative estimate of drug-likeness (QED) is 0.633. The minimum atomic E-state index is -0.337. The van der Waals surface area contributed by atoms with Crippen molar-refractivity contribution in [3.8, 4) is 11.5 Å².